The average Bonchev–Trinajstić information content (AvgIpc) is 2.44. The van der Waals surface area contributed by atoms with Gasteiger partial charge in [-0.3, -0.25) is 11.3 Å². The van der Waals surface area contributed by atoms with Crippen LogP contribution in [0.2, 0.25) is 5.02 Å². The molecule has 0 saturated heterocycles. The van der Waals surface area contributed by atoms with Gasteiger partial charge in [0, 0.05) is 21.2 Å². The number of hydrogen-bond acceptors (Lipinski definition) is 3. The number of benzene rings is 2. The highest BCUT2D eigenvalue weighted by Crippen LogP contribution is 2.27. The van der Waals surface area contributed by atoms with Crippen LogP contribution in [0.5, 0.6) is 0 Å². The summed E-state index contributed by atoms with van der Waals surface area (Å²) in [5.74, 6) is 6.09. The molecule has 0 spiro atoms. The standard InChI is InChI=1S/C15H15BrClFN2S/c16-11-5-10(6-12(18)8-11)7-13(20-19)9-21-15-4-2-1-3-14(15)17/h1-6,8,13,20H,7,9,19H2. The molecular weight excluding hydrogens is 375 g/mol. The maximum atomic E-state index is 13.4. The fourth-order valence-corrected chi connectivity index (χ4v) is 3.72. The van der Waals surface area contributed by atoms with Gasteiger partial charge in [0.2, 0.25) is 0 Å². The first kappa shape index (κ1) is 16.8. The van der Waals surface area contributed by atoms with Crippen LogP contribution >= 0.6 is 39.3 Å². The molecule has 0 aliphatic carbocycles. The third-order valence-electron chi connectivity index (χ3n) is 2.92. The molecule has 112 valence electrons. The lowest BCUT2D eigenvalue weighted by Gasteiger charge is -2.16. The van der Waals surface area contributed by atoms with E-state index in [4.69, 9.17) is 17.4 Å². The first-order chi connectivity index (χ1) is 10.1. The Bertz CT molecular complexity index is 592. The Morgan fingerprint density at radius 2 is 2.05 bits per heavy atom. The van der Waals surface area contributed by atoms with Crippen molar-refractivity contribution in [2.24, 2.45) is 5.84 Å². The quantitative estimate of drug-likeness (QED) is 0.437. The number of hydrogen-bond donors (Lipinski definition) is 2. The van der Waals surface area contributed by atoms with Crippen molar-refractivity contribution in [2.75, 3.05) is 5.75 Å². The molecule has 0 aromatic heterocycles. The van der Waals surface area contributed by atoms with Crippen molar-refractivity contribution in [3.05, 3.63) is 63.3 Å². The molecule has 0 radical (unpaired) electrons. The van der Waals surface area contributed by atoms with Gasteiger partial charge in [-0.15, -0.1) is 11.8 Å². The van der Waals surface area contributed by atoms with Crippen LogP contribution in [-0.2, 0) is 6.42 Å². The second kappa shape index (κ2) is 8.15. The van der Waals surface area contributed by atoms with Gasteiger partial charge in [0.15, 0.2) is 0 Å². The van der Waals surface area contributed by atoms with Crippen LogP contribution in [0.3, 0.4) is 0 Å². The lowest BCUT2D eigenvalue weighted by atomic mass is 10.1. The van der Waals surface area contributed by atoms with Crippen molar-refractivity contribution in [3.8, 4) is 0 Å². The van der Waals surface area contributed by atoms with E-state index in [1.807, 2.05) is 30.3 Å². The largest absolute Gasteiger partial charge is 0.271 e. The Morgan fingerprint density at radius 1 is 1.29 bits per heavy atom. The zero-order valence-electron chi connectivity index (χ0n) is 11.2. The zero-order chi connectivity index (χ0) is 15.2. The smallest absolute Gasteiger partial charge is 0.124 e. The molecular formula is C15H15BrClFN2S. The minimum absolute atomic E-state index is 0.0278. The molecule has 0 aliphatic rings. The van der Waals surface area contributed by atoms with E-state index in [0.29, 0.717) is 6.42 Å². The lowest BCUT2D eigenvalue weighted by molar-refractivity contribution is 0.570. The topological polar surface area (TPSA) is 38.0 Å². The van der Waals surface area contributed by atoms with E-state index in [-0.39, 0.29) is 11.9 Å². The molecule has 3 N–H and O–H groups in total. The Morgan fingerprint density at radius 3 is 2.71 bits per heavy atom. The van der Waals surface area contributed by atoms with Crippen LogP contribution < -0.4 is 11.3 Å². The molecule has 0 heterocycles. The molecule has 2 nitrogen and oxygen atoms in total. The highest BCUT2D eigenvalue weighted by Gasteiger charge is 2.11. The average molecular weight is 390 g/mol. The van der Waals surface area contributed by atoms with Gasteiger partial charge < -0.3 is 0 Å². The van der Waals surface area contributed by atoms with Crippen LogP contribution in [0.15, 0.2) is 51.8 Å². The summed E-state index contributed by atoms with van der Waals surface area (Å²) in [7, 11) is 0. The fourth-order valence-electron chi connectivity index (χ4n) is 1.93. The van der Waals surface area contributed by atoms with Crippen LogP contribution in [0, 0.1) is 5.82 Å². The monoisotopic (exact) mass is 388 g/mol. The summed E-state index contributed by atoms with van der Waals surface area (Å²) in [6.45, 7) is 0. The molecule has 2 rings (SSSR count). The molecule has 0 saturated carbocycles. The molecule has 1 unspecified atom stereocenters. The van der Waals surface area contributed by atoms with E-state index < -0.39 is 0 Å². The summed E-state index contributed by atoms with van der Waals surface area (Å²) < 4.78 is 14.1. The fraction of sp³-hybridized carbons (Fsp3) is 0.200. The van der Waals surface area contributed by atoms with Crippen LogP contribution in [0.25, 0.3) is 0 Å². The molecule has 2 aromatic carbocycles. The van der Waals surface area contributed by atoms with E-state index in [1.54, 1.807) is 11.8 Å². The summed E-state index contributed by atoms with van der Waals surface area (Å²) in [6, 6.07) is 12.6. The summed E-state index contributed by atoms with van der Waals surface area (Å²) in [4.78, 5) is 1.01. The SMILES string of the molecule is NNC(CSc1ccccc1Cl)Cc1cc(F)cc(Br)c1. The van der Waals surface area contributed by atoms with Crippen molar-refractivity contribution in [2.45, 2.75) is 17.4 Å². The maximum Gasteiger partial charge on any atom is 0.124 e. The zero-order valence-corrected chi connectivity index (χ0v) is 14.3. The minimum Gasteiger partial charge on any atom is -0.271 e. The molecule has 6 heteroatoms. The number of hydrazine groups is 1. The molecule has 21 heavy (non-hydrogen) atoms. The predicted molar refractivity (Wildman–Crippen MR) is 91.1 cm³/mol. The van der Waals surface area contributed by atoms with Gasteiger partial charge in [-0.25, -0.2) is 4.39 Å². The number of nitrogens with two attached hydrogens (primary N) is 1. The Balaban J connectivity index is 1.98. The van der Waals surface area contributed by atoms with Crippen molar-refractivity contribution in [1.82, 2.24) is 5.43 Å². The maximum absolute atomic E-state index is 13.4. The van der Waals surface area contributed by atoms with Gasteiger partial charge in [-0.2, -0.15) is 0 Å². The second-order valence-corrected chi connectivity index (χ2v) is 6.97. The van der Waals surface area contributed by atoms with Crippen molar-refractivity contribution in [3.63, 3.8) is 0 Å². The summed E-state index contributed by atoms with van der Waals surface area (Å²) in [5.41, 5.74) is 3.67. The van der Waals surface area contributed by atoms with Crippen LogP contribution in [-0.4, -0.2) is 11.8 Å². The van der Waals surface area contributed by atoms with Crippen LogP contribution in [0.1, 0.15) is 5.56 Å². The Kier molecular flexibility index (Phi) is 6.51. The summed E-state index contributed by atoms with van der Waals surface area (Å²) >= 11 is 11.0. The highest BCUT2D eigenvalue weighted by molar-refractivity contribution is 9.10. The molecule has 0 fully saturated rings. The normalized spacial score (nSPS) is 12.4. The van der Waals surface area contributed by atoms with Gasteiger partial charge in [-0.05, 0) is 42.3 Å². The lowest BCUT2D eigenvalue weighted by Crippen LogP contribution is -2.38. The number of rotatable bonds is 6. The molecule has 0 amide bonds. The van der Waals surface area contributed by atoms with E-state index in [2.05, 4.69) is 21.4 Å². The van der Waals surface area contributed by atoms with E-state index in [1.165, 1.54) is 12.1 Å². The second-order valence-electron chi connectivity index (χ2n) is 4.59. The summed E-state index contributed by atoms with van der Waals surface area (Å²) in [6.07, 6.45) is 0.643. The van der Waals surface area contributed by atoms with Gasteiger partial charge in [0.25, 0.3) is 0 Å². The Labute approximate surface area is 141 Å². The molecule has 1 atom stereocenters. The number of nitrogens with one attached hydrogen (secondary N) is 1. The first-order valence-corrected chi connectivity index (χ1v) is 8.52. The van der Waals surface area contributed by atoms with E-state index in [9.17, 15) is 4.39 Å². The third-order valence-corrected chi connectivity index (χ3v) is 5.05. The first-order valence-electron chi connectivity index (χ1n) is 6.37. The molecule has 0 bridgehead atoms. The third kappa shape index (κ3) is 5.27. The van der Waals surface area contributed by atoms with Crippen LogP contribution in [0.4, 0.5) is 4.39 Å². The summed E-state index contributed by atoms with van der Waals surface area (Å²) in [5, 5.41) is 0.728. The highest BCUT2D eigenvalue weighted by atomic mass is 79.9. The van der Waals surface area contributed by atoms with Gasteiger partial charge in [0.05, 0.1) is 5.02 Å². The van der Waals surface area contributed by atoms with Crippen molar-refractivity contribution >= 4 is 39.3 Å². The number of thioether (sulfide) groups is 1. The Hall–Kier alpha value is -0.590. The van der Waals surface area contributed by atoms with E-state index in [0.717, 1.165) is 25.7 Å². The van der Waals surface area contributed by atoms with Crippen molar-refractivity contribution in [1.29, 1.82) is 0 Å². The minimum atomic E-state index is -0.256. The molecule has 0 aliphatic heterocycles. The predicted octanol–water partition coefficient (Wildman–Crippen LogP) is 4.41. The van der Waals surface area contributed by atoms with Crippen molar-refractivity contribution < 1.29 is 4.39 Å². The van der Waals surface area contributed by atoms with Gasteiger partial charge in [0.1, 0.15) is 5.82 Å². The molecule has 2 aromatic rings. The number of halogens is 3. The van der Waals surface area contributed by atoms with Gasteiger partial charge >= 0.3 is 0 Å². The van der Waals surface area contributed by atoms with E-state index >= 15 is 0 Å². The van der Waals surface area contributed by atoms with Gasteiger partial charge in [-0.1, -0.05) is 39.7 Å².